The van der Waals surface area contributed by atoms with Gasteiger partial charge in [0.1, 0.15) is 30.3 Å². The largest absolute Gasteiger partial charge is 0.489 e. The number of rotatable bonds is 4. The quantitative estimate of drug-likeness (QED) is 0.762. The summed E-state index contributed by atoms with van der Waals surface area (Å²) < 4.78 is 22.4. The second kappa shape index (κ2) is 8.24. The van der Waals surface area contributed by atoms with E-state index in [9.17, 15) is 15.0 Å². The first-order valence-electron chi connectivity index (χ1n) is 9.37. The van der Waals surface area contributed by atoms with Crippen LogP contribution in [0.15, 0.2) is 54.6 Å². The highest BCUT2D eigenvalue weighted by molar-refractivity contribution is 5.89. The molecule has 0 saturated carbocycles. The van der Waals surface area contributed by atoms with E-state index in [0.29, 0.717) is 23.7 Å². The van der Waals surface area contributed by atoms with Gasteiger partial charge in [-0.05, 0) is 42.8 Å². The summed E-state index contributed by atoms with van der Waals surface area (Å²) in [7, 11) is 0. The van der Waals surface area contributed by atoms with Crippen molar-refractivity contribution in [3.8, 4) is 11.5 Å². The minimum absolute atomic E-state index is 0.144. The number of aliphatic hydroxyl groups excluding tert-OH is 2. The van der Waals surface area contributed by atoms with Crippen LogP contribution in [0.25, 0.3) is 5.57 Å². The zero-order valence-corrected chi connectivity index (χ0v) is 15.9. The highest BCUT2D eigenvalue weighted by Gasteiger charge is 2.43. The number of aliphatic hydroxyl groups is 2. The molecule has 1 fully saturated rings. The lowest BCUT2D eigenvalue weighted by atomic mass is 10.0. The second-order valence-corrected chi connectivity index (χ2v) is 6.97. The molecule has 2 aromatic carbocycles. The lowest BCUT2D eigenvalue weighted by Gasteiger charge is -2.37. The topological polar surface area (TPSA) is 94.5 Å². The molecule has 4 atom stereocenters. The SMILES string of the molecule is CC1=CCOc2cc(O[C@@H]3OC[C@@H](O)[C@H](O)[C@H]3OC(=O)c3ccccc3)ccc21. The molecule has 0 bridgehead atoms. The molecule has 4 rings (SSSR count). The Balaban J connectivity index is 1.53. The van der Waals surface area contributed by atoms with Crippen LogP contribution in [0.3, 0.4) is 0 Å². The monoisotopic (exact) mass is 398 g/mol. The number of carbonyl (C=O) groups is 1. The maximum absolute atomic E-state index is 12.4. The lowest BCUT2D eigenvalue weighted by Crippen LogP contribution is -2.56. The van der Waals surface area contributed by atoms with Gasteiger partial charge >= 0.3 is 5.97 Å². The second-order valence-electron chi connectivity index (χ2n) is 6.97. The molecule has 2 aliphatic rings. The molecule has 7 heteroatoms. The molecule has 7 nitrogen and oxygen atoms in total. The van der Waals surface area contributed by atoms with Crippen molar-refractivity contribution in [3.05, 3.63) is 65.7 Å². The normalized spacial score (nSPS) is 26.0. The molecule has 0 unspecified atom stereocenters. The van der Waals surface area contributed by atoms with Crippen LogP contribution in [-0.4, -0.2) is 54.0 Å². The zero-order chi connectivity index (χ0) is 20.4. The molecule has 152 valence electrons. The Morgan fingerprint density at radius 2 is 1.93 bits per heavy atom. The Morgan fingerprint density at radius 3 is 2.72 bits per heavy atom. The number of allylic oxidation sites excluding steroid dienone is 1. The Hall–Kier alpha value is -2.87. The van der Waals surface area contributed by atoms with E-state index in [2.05, 4.69) is 0 Å². The zero-order valence-electron chi connectivity index (χ0n) is 15.9. The summed E-state index contributed by atoms with van der Waals surface area (Å²) in [6, 6.07) is 13.7. The summed E-state index contributed by atoms with van der Waals surface area (Å²) in [6.45, 7) is 2.34. The van der Waals surface area contributed by atoms with Gasteiger partial charge in [0.25, 0.3) is 0 Å². The molecule has 2 aliphatic heterocycles. The molecule has 2 aromatic rings. The highest BCUT2D eigenvalue weighted by Crippen LogP contribution is 2.34. The summed E-state index contributed by atoms with van der Waals surface area (Å²) in [6.07, 6.45) is -2.84. The van der Waals surface area contributed by atoms with Gasteiger partial charge in [-0.1, -0.05) is 18.2 Å². The first-order valence-corrected chi connectivity index (χ1v) is 9.37. The van der Waals surface area contributed by atoms with Crippen molar-refractivity contribution < 1.29 is 34.0 Å². The Labute approximate surface area is 168 Å². The maximum Gasteiger partial charge on any atom is 0.338 e. The van der Waals surface area contributed by atoms with Crippen LogP contribution >= 0.6 is 0 Å². The number of fused-ring (bicyclic) bond motifs is 1. The van der Waals surface area contributed by atoms with Crippen LogP contribution in [0, 0.1) is 0 Å². The summed E-state index contributed by atoms with van der Waals surface area (Å²) in [5.41, 5.74) is 2.40. The first kappa shape index (κ1) is 19.4. The van der Waals surface area contributed by atoms with E-state index in [4.69, 9.17) is 18.9 Å². The van der Waals surface area contributed by atoms with E-state index in [1.54, 1.807) is 42.5 Å². The van der Waals surface area contributed by atoms with E-state index in [1.807, 2.05) is 19.1 Å². The summed E-state index contributed by atoms with van der Waals surface area (Å²) in [5.74, 6) is 0.472. The van der Waals surface area contributed by atoms with Crippen LogP contribution < -0.4 is 9.47 Å². The van der Waals surface area contributed by atoms with Crippen LogP contribution in [0.2, 0.25) is 0 Å². The van der Waals surface area contributed by atoms with E-state index >= 15 is 0 Å². The van der Waals surface area contributed by atoms with Gasteiger partial charge in [-0.25, -0.2) is 4.79 Å². The fraction of sp³-hybridized carbons (Fsp3) is 0.318. The molecule has 0 amide bonds. The predicted octanol–water partition coefficient (Wildman–Crippen LogP) is 2.16. The maximum atomic E-state index is 12.4. The third kappa shape index (κ3) is 4.12. The van der Waals surface area contributed by atoms with Gasteiger partial charge in [-0.3, -0.25) is 0 Å². The van der Waals surface area contributed by atoms with Crippen molar-refractivity contribution in [2.75, 3.05) is 13.2 Å². The Kier molecular flexibility index (Phi) is 5.53. The number of benzene rings is 2. The molecular formula is C22H22O7. The minimum atomic E-state index is -1.35. The minimum Gasteiger partial charge on any atom is -0.489 e. The van der Waals surface area contributed by atoms with Crippen molar-refractivity contribution >= 4 is 11.5 Å². The number of esters is 1. The van der Waals surface area contributed by atoms with E-state index in [-0.39, 0.29) is 6.61 Å². The van der Waals surface area contributed by atoms with Crippen molar-refractivity contribution in [3.63, 3.8) is 0 Å². The average Bonchev–Trinajstić information content (AvgIpc) is 2.74. The molecule has 1 saturated heterocycles. The van der Waals surface area contributed by atoms with Gasteiger partial charge in [0.05, 0.1) is 12.2 Å². The van der Waals surface area contributed by atoms with Gasteiger partial charge in [-0.2, -0.15) is 0 Å². The first-order chi connectivity index (χ1) is 14.0. The van der Waals surface area contributed by atoms with E-state index in [1.165, 1.54) is 0 Å². The Morgan fingerprint density at radius 1 is 1.14 bits per heavy atom. The van der Waals surface area contributed by atoms with Crippen LogP contribution in [0.4, 0.5) is 0 Å². The van der Waals surface area contributed by atoms with Gasteiger partial charge in [0.2, 0.25) is 6.29 Å². The van der Waals surface area contributed by atoms with Crippen molar-refractivity contribution in [1.29, 1.82) is 0 Å². The number of ether oxygens (including phenoxy) is 4. The molecule has 29 heavy (non-hydrogen) atoms. The predicted molar refractivity (Wildman–Crippen MR) is 104 cm³/mol. The van der Waals surface area contributed by atoms with E-state index in [0.717, 1.165) is 11.1 Å². The van der Waals surface area contributed by atoms with Crippen molar-refractivity contribution in [1.82, 2.24) is 0 Å². The number of hydrogen-bond donors (Lipinski definition) is 2. The third-order valence-electron chi connectivity index (χ3n) is 4.94. The van der Waals surface area contributed by atoms with E-state index < -0.39 is 30.6 Å². The van der Waals surface area contributed by atoms with Crippen molar-refractivity contribution in [2.45, 2.75) is 31.5 Å². The Bertz CT molecular complexity index is 909. The number of carbonyl (C=O) groups excluding carboxylic acids is 1. The summed E-state index contributed by atoms with van der Waals surface area (Å²) >= 11 is 0. The third-order valence-corrected chi connectivity index (χ3v) is 4.94. The fourth-order valence-electron chi connectivity index (χ4n) is 3.28. The van der Waals surface area contributed by atoms with Gasteiger partial charge < -0.3 is 29.2 Å². The van der Waals surface area contributed by atoms with Gasteiger partial charge in [-0.15, -0.1) is 0 Å². The van der Waals surface area contributed by atoms with Gasteiger partial charge in [0.15, 0.2) is 6.10 Å². The standard InChI is InChI=1S/C22H22O7/c1-13-9-10-26-18-11-15(7-8-16(13)18)28-22-20(19(24)17(23)12-27-22)29-21(25)14-5-3-2-4-6-14/h2-9,11,17,19-20,22-24H,10,12H2,1H3/t17-,19+,20-,22+/m1/s1. The summed E-state index contributed by atoms with van der Waals surface area (Å²) in [4.78, 5) is 12.4. The highest BCUT2D eigenvalue weighted by atomic mass is 16.7. The molecular weight excluding hydrogens is 376 g/mol. The molecule has 0 spiro atoms. The molecule has 2 heterocycles. The van der Waals surface area contributed by atoms with Crippen LogP contribution in [0.1, 0.15) is 22.8 Å². The lowest BCUT2D eigenvalue weighted by molar-refractivity contribution is -0.241. The van der Waals surface area contributed by atoms with Crippen molar-refractivity contribution in [2.24, 2.45) is 0 Å². The average molecular weight is 398 g/mol. The number of hydrogen-bond acceptors (Lipinski definition) is 7. The summed E-state index contributed by atoms with van der Waals surface area (Å²) in [5, 5.41) is 20.3. The van der Waals surface area contributed by atoms with Crippen LogP contribution in [-0.2, 0) is 9.47 Å². The van der Waals surface area contributed by atoms with Gasteiger partial charge in [0, 0.05) is 11.6 Å². The molecule has 0 aliphatic carbocycles. The smallest absolute Gasteiger partial charge is 0.338 e. The fourth-order valence-corrected chi connectivity index (χ4v) is 3.28. The van der Waals surface area contributed by atoms with Crippen LogP contribution in [0.5, 0.6) is 11.5 Å². The molecule has 0 aromatic heterocycles. The molecule has 2 N–H and O–H groups in total. The molecule has 0 radical (unpaired) electrons.